The number of amides is 1. The zero-order valence-electron chi connectivity index (χ0n) is 17.8. The van der Waals surface area contributed by atoms with E-state index < -0.39 is 0 Å². The summed E-state index contributed by atoms with van der Waals surface area (Å²) in [5.41, 5.74) is 2.09. The molecule has 1 atom stereocenters. The highest BCUT2D eigenvalue weighted by atomic mass is 16.5. The number of anilines is 2. The number of hydrogen-bond acceptors (Lipinski definition) is 5. The second-order valence-corrected chi connectivity index (χ2v) is 7.83. The summed E-state index contributed by atoms with van der Waals surface area (Å²) in [5.74, 6) is 2.75. The lowest BCUT2D eigenvalue weighted by molar-refractivity contribution is -0.132. The number of hydrogen-bond donors (Lipinski definition) is 1. The van der Waals surface area contributed by atoms with E-state index in [1.54, 1.807) is 6.20 Å². The molecule has 1 N–H and O–H groups in total. The molecule has 0 radical (unpaired) electrons. The first-order chi connectivity index (χ1) is 15.2. The summed E-state index contributed by atoms with van der Waals surface area (Å²) < 4.78 is 5.81. The monoisotopic (exact) mass is 416 g/mol. The number of nitrogens with one attached hydrogen (secondary N) is 1. The minimum Gasteiger partial charge on any atom is -0.493 e. The molecule has 0 saturated carbocycles. The Labute approximate surface area is 183 Å². The fourth-order valence-corrected chi connectivity index (χ4v) is 3.89. The molecule has 4 rings (SSSR count). The number of benzene rings is 1. The lowest BCUT2D eigenvalue weighted by Crippen LogP contribution is -2.39. The Hall–Kier alpha value is -3.41. The van der Waals surface area contributed by atoms with Gasteiger partial charge in [0.25, 0.3) is 0 Å². The zero-order valence-corrected chi connectivity index (χ0v) is 17.8. The van der Waals surface area contributed by atoms with Crippen LogP contribution in [0.15, 0.2) is 66.9 Å². The van der Waals surface area contributed by atoms with Crippen molar-refractivity contribution in [3.05, 3.63) is 78.1 Å². The Bertz CT molecular complexity index is 1010. The van der Waals surface area contributed by atoms with Gasteiger partial charge in [0, 0.05) is 30.9 Å². The van der Waals surface area contributed by atoms with Gasteiger partial charge in [0.2, 0.25) is 5.91 Å². The van der Waals surface area contributed by atoms with Crippen LogP contribution in [-0.2, 0) is 4.79 Å². The smallest absolute Gasteiger partial charge is 0.226 e. The van der Waals surface area contributed by atoms with Crippen molar-refractivity contribution in [1.29, 1.82) is 0 Å². The van der Waals surface area contributed by atoms with E-state index >= 15 is 0 Å². The van der Waals surface area contributed by atoms with Crippen LogP contribution in [0, 0.1) is 6.92 Å². The van der Waals surface area contributed by atoms with Gasteiger partial charge in [-0.2, -0.15) is 0 Å². The van der Waals surface area contributed by atoms with Gasteiger partial charge in [-0.15, -0.1) is 0 Å². The van der Waals surface area contributed by atoms with Gasteiger partial charge in [-0.1, -0.05) is 30.3 Å². The highest BCUT2D eigenvalue weighted by Crippen LogP contribution is 2.27. The maximum atomic E-state index is 12.8. The molecule has 0 bridgehead atoms. The molecule has 1 amide bonds. The molecule has 6 heteroatoms. The minimum atomic E-state index is 0.140. The molecule has 160 valence electrons. The first-order valence-corrected chi connectivity index (χ1v) is 10.8. The quantitative estimate of drug-likeness (QED) is 0.604. The molecule has 1 aromatic carbocycles. The van der Waals surface area contributed by atoms with Crippen LogP contribution < -0.4 is 10.1 Å². The molecular weight excluding hydrogens is 388 g/mol. The van der Waals surface area contributed by atoms with E-state index in [1.165, 1.54) is 0 Å². The van der Waals surface area contributed by atoms with Crippen molar-refractivity contribution < 1.29 is 9.53 Å². The van der Waals surface area contributed by atoms with Gasteiger partial charge < -0.3 is 15.0 Å². The molecular formula is C25H28N4O2. The van der Waals surface area contributed by atoms with E-state index in [9.17, 15) is 4.79 Å². The predicted molar refractivity (Wildman–Crippen MR) is 122 cm³/mol. The highest BCUT2D eigenvalue weighted by Gasteiger charge is 2.25. The van der Waals surface area contributed by atoms with E-state index in [4.69, 9.17) is 9.72 Å². The molecule has 1 aliphatic rings. The van der Waals surface area contributed by atoms with Crippen LogP contribution in [0.3, 0.4) is 0 Å². The second kappa shape index (κ2) is 10.1. The molecule has 2 aromatic heterocycles. The normalized spacial score (nSPS) is 16.0. The minimum absolute atomic E-state index is 0.140. The summed E-state index contributed by atoms with van der Waals surface area (Å²) in [4.78, 5) is 23.8. The maximum absolute atomic E-state index is 12.8. The van der Waals surface area contributed by atoms with Crippen molar-refractivity contribution in [2.45, 2.75) is 32.1 Å². The first kappa shape index (κ1) is 20.8. The van der Waals surface area contributed by atoms with Gasteiger partial charge in [0.05, 0.1) is 13.0 Å². The van der Waals surface area contributed by atoms with E-state index in [2.05, 4.69) is 10.3 Å². The third-order valence-electron chi connectivity index (χ3n) is 5.55. The van der Waals surface area contributed by atoms with Gasteiger partial charge in [-0.25, -0.2) is 9.97 Å². The second-order valence-electron chi connectivity index (χ2n) is 7.83. The third kappa shape index (κ3) is 5.60. The first-order valence-electron chi connectivity index (χ1n) is 10.8. The largest absolute Gasteiger partial charge is 0.493 e. The van der Waals surface area contributed by atoms with Crippen LogP contribution in [0.4, 0.5) is 11.6 Å². The van der Waals surface area contributed by atoms with Crippen LogP contribution in [0.5, 0.6) is 5.75 Å². The molecule has 6 nitrogen and oxygen atoms in total. The Kier molecular flexibility index (Phi) is 6.77. The average Bonchev–Trinajstić information content (AvgIpc) is 2.81. The summed E-state index contributed by atoms with van der Waals surface area (Å²) in [6.07, 6.45) is 4.15. The van der Waals surface area contributed by atoms with Gasteiger partial charge in [-0.05, 0) is 55.7 Å². The van der Waals surface area contributed by atoms with Crippen molar-refractivity contribution in [2.24, 2.45) is 0 Å². The summed E-state index contributed by atoms with van der Waals surface area (Å²) in [6.45, 7) is 3.90. The van der Waals surface area contributed by atoms with E-state index in [0.717, 1.165) is 48.0 Å². The molecule has 0 spiro atoms. The van der Waals surface area contributed by atoms with E-state index in [1.807, 2.05) is 72.5 Å². The third-order valence-corrected chi connectivity index (χ3v) is 5.55. The summed E-state index contributed by atoms with van der Waals surface area (Å²) in [5, 5.41) is 3.25. The lowest BCUT2D eigenvalue weighted by atomic mass is 9.94. The number of carbonyl (C=O) groups is 1. The van der Waals surface area contributed by atoms with Gasteiger partial charge in [0.1, 0.15) is 17.4 Å². The number of ether oxygens (including phenoxy) is 1. The summed E-state index contributed by atoms with van der Waals surface area (Å²) in [7, 11) is 0. The van der Waals surface area contributed by atoms with Crippen LogP contribution in [-0.4, -0.2) is 40.5 Å². The molecule has 1 aliphatic heterocycles. The lowest BCUT2D eigenvalue weighted by Gasteiger charge is -2.32. The van der Waals surface area contributed by atoms with Crippen LogP contribution in [0.1, 0.15) is 36.4 Å². The van der Waals surface area contributed by atoms with Crippen molar-refractivity contribution >= 4 is 17.5 Å². The summed E-state index contributed by atoms with van der Waals surface area (Å²) >= 11 is 0. The van der Waals surface area contributed by atoms with Crippen molar-refractivity contribution in [3.63, 3.8) is 0 Å². The average molecular weight is 417 g/mol. The molecule has 31 heavy (non-hydrogen) atoms. The van der Waals surface area contributed by atoms with E-state index in [-0.39, 0.29) is 11.8 Å². The van der Waals surface area contributed by atoms with Crippen molar-refractivity contribution in [3.8, 4) is 5.75 Å². The topological polar surface area (TPSA) is 67.3 Å². The number of rotatable bonds is 7. The number of piperidine rings is 1. The van der Waals surface area contributed by atoms with Gasteiger partial charge in [-0.3, -0.25) is 4.79 Å². The van der Waals surface area contributed by atoms with Crippen LogP contribution >= 0.6 is 0 Å². The van der Waals surface area contributed by atoms with Gasteiger partial charge >= 0.3 is 0 Å². The number of para-hydroxylation sites is 1. The predicted octanol–water partition coefficient (Wildman–Crippen LogP) is 4.70. The number of pyridine rings is 2. The zero-order chi connectivity index (χ0) is 21.5. The Morgan fingerprint density at radius 1 is 1.10 bits per heavy atom. The number of likely N-dealkylation sites (tertiary alicyclic amines) is 1. The molecule has 1 saturated heterocycles. The molecule has 0 aliphatic carbocycles. The molecule has 3 aromatic rings. The Balaban J connectivity index is 1.33. The number of carbonyl (C=O) groups excluding carboxylic acids is 1. The SMILES string of the molecule is Cc1ccccc1OCCC(=O)N1CCC[C@H](c2cccc(Nc3ccccn3)n2)C1. The van der Waals surface area contributed by atoms with Gasteiger partial charge in [0.15, 0.2) is 0 Å². The number of aryl methyl sites for hydroxylation is 1. The maximum Gasteiger partial charge on any atom is 0.226 e. The fraction of sp³-hybridized carbons (Fsp3) is 0.320. The van der Waals surface area contributed by atoms with Crippen LogP contribution in [0.25, 0.3) is 0 Å². The highest BCUT2D eigenvalue weighted by molar-refractivity contribution is 5.76. The Morgan fingerprint density at radius 2 is 1.94 bits per heavy atom. The van der Waals surface area contributed by atoms with E-state index in [0.29, 0.717) is 19.6 Å². The summed E-state index contributed by atoms with van der Waals surface area (Å²) in [6, 6.07) is 19.6. The van der Waals surface area contributed by atoms with Crippen LogP contribution in [0.2, 0.25) is 0 Å². The molecule has 3 heterocycles. The number of aromatic nitrogens is 2. The fourth-order valence-electron chi connectivity index (χ4n) is 3.89. The van der Waals surface area contributed by atoms with Crippen molar-refractivity contribution in [1.82, 2.24) is 14.9 Å². The molecule has 1 fully saturated rings. The van der Waals surface area contributed by atoms with Crippen molar-refractivity contribution in [2.75, 3.05) is 25.0 Å². The Morgan fingerprint density at radius 3 is 2.77 bits per heavy atom. The molecule has 0 unspecified atom stereocenters. The standard InChI is InChI=1S/C25H28N4O2/c1-19-8-2-3-11-22(19)31-17-14-25(30)29-16-7-9-20(18-29)21-10-6-13-24(27-21)28-23-12-4-5-15-26-23/h2-6,8,10-13,15,20H,7,9,14,16-18H2,1H3,(H,26,27,28)/t20-/m0/s1. The number of nitrogens with zero attached hydrogens (tertiary/aromatic N) is 3.